The molecule has 0 aromatic heterocycles. The zero-order valence-electron chi connectivity index (χ0n) is 14.5. The van der Waals surface area contributed by atoms with Crippen LogP contribution in [0.4, 0.5) is 4.79 Å². The lowest BCUT2D eigenvalue weighted by atomic mass is 9.95. The first-order valence-corrected chi connectivity index (χ1v) is 8.26. The second kappa shape index (κ2) is 4.39. The number of hydrogen-bond acceptors (Lipinski definition) is 3. The lowest BCUT2D eigenvalue weighted by molar-refractivity contribution is -0.128. The van der Waals surface area contributed by atoms with Crippen LogP contribution in [0.3, 0.4) is 0 Å². The minimum atomic E-state index is -0.437. The highest BCUT2D eigenvalue weighted by Crippen LogP contribution is 2.87. The summed E-state index contributed by atoms with van der Waals surface area (Å²) in [5.41, 5.74) is -0.485. The third-order valence-corrected chi connectivity index (χ3v) is 5.30. The third-order valence-electron chi connectivity index (χ3n) is 5.30. The minimum absolute atomic E-state index is 0.0955. The maximum Gasteiger partial charge on any atom is 0.410 e. The molecule has 124 valence electrons. The molecule has 0 aromatic carbocycles. The minimum Gasteiger partial charge on any atom is -0.444 e. The van der Waals surface area contributed by atoms with Crippen LogP contribution in [0.2, 0.25) is 0 Å². The largest absolute Gasteiger partial charge is 0.444 e. The maximum absolute atomic E-state index is 12.2. The Labute approximate surface area is 132 Å². The fourth-order valence-corrected chi connectivity index (χ4v) is 4.12. The summed E-state index contributed by atoms with van der Waals surface area (Å²) in [4.78, 5) is 26.0. The molecular formula is C17H28N2O3. The van der Waals surface area contributed by atoms with Crippen molar-refractivity contribution in [2.24, 2.45) is 22.7 Å². The van der Waals surface area contributed by atoms with Crippen molar-refractivity contribution in [2.75, 3.05) is 13.1 Å². The van der Waals surface area contributed by atoms with Gasteiger partial charge in [-0.15, -0.1) is 0 Å². The lowest BCUT2D eigenvalue weighted by Crippen LogP contribution is -2.37. The number of nitrogens with one attached hydrogen (secondary N) is 1. The molecule has 1 N–H and O–H groups in total. The number of piperidine rings is 1. The van der Waals surface area contributed by atoms with Crippen LogP contribution in [-0.2, 0) is 9.53 Å². The molecule has 4 aliphatic rings. The van der Waals surface area contributed by atoms with Crippen molar-refractivity contribution in [1.29, 1.82) is 0 Å². The van der Waals surface area contributed by atoms with E-state index < -0.39 is 5.60 Å². The van der Waals surface area contributed by atoms with Crippen molar-refractivity contribution in [3.8, 4) is 0 Å². The van der Waals surface area contributed by atoms with Crippen molar-refractivity contribution in [3.05, 3.63) is 0 Å². The van der Waals surface area contributed by atoms with Crippen LogP contribution in [0.1, 0.15) is 48.0 Å². The van der Waals surface area contributed by atoms with Gasteiger partial charge in [0, 0.05) is 30.0 Å². The van der Waals surface area contributed by atoms with E-state index in [1.54, 1.807) is 0 Å². The number of carbonyl (C=O) groups excluding carboxylic acids is 2. The van der Waals surface area contributed by atoms with Crippen molar-refractivity contribution in [3.63, 3.8) is 0 Å². The number of carbonyl (C=O) groups is 2. The number of rotatable bonds is 3. The van der Waals surface area contributed by atoms with E-state index in [9.17, 15) is 9.59 Å². The maximum atomic E-state index is 12.2. The van der Waals surface area contributed by atoms with E-state index in [1.165, 1.54) is 0 Å². The van der Waals surface area contributed by atoms with Gasteiger partial charge in [0.05, 0.1) is 0 Å². The molecule has 2 aliphatic heterocycles. The van der Waals surface area contributed by atoms with Crippen molar-refractivity contribution < 1.29 is 14.3 Å². The molecule has 5 heteroatoms. The van der Waals surface area contributed by atoms with Crippen LogP contribution in [0.25, 0.3) is 0 Å². The fourth-order valence-electron chi connectivity index (χ4n) is 4.12. The molecule has 2 saturated carbocycles. The summed E-state index contributed by atoms with van der Waals surface area (Å²) in [6.45, 7) is 13.0. The Balaban J connectivity index is 1.48. The van der Waals surface area contributed by atoms with Gasteiger partial charge in [0.1, 0.15) is 5.60 Å². The normalized spacial score (nSPS) is 35.0. The molecular weight excluding hydrogens is 280 g/mol. The number of fused-ring (bicyclic) bond motifs is 1. The molecule has 2 heterocycles. The molecule has 2 amide bonds. The van der Waals surface area contributed by atoms with Crippen molar-refractivity contribution >= 4 is 12.0 Å². The van der Waals surface area contributed by atoms with Crippen LogP contribution in [0.5, 0.6) is 0 Å². The molecule has 4 fully saturated rings. The van der Waals surface area contributed by atoms with Gasteiger partial charge in [-0.25, -0.2) is 4.79 Å². The second-order valence-corrected chi connectivity index (χ2v) is 9.08. The predicted molar refractivity (Wildman–Crippen MR) is 83.2 cm³/mol. The van der Waals surface area contributed by atoms with E-state index in [0.29, 0.717) is 29.8 Å². The van der Waals surface area contributed by atoms with E-state index in [2.05, 4.69) is 5.32 Å². The SMILES string of the molecule is CC(C)(C)OC(=O)N1C[C@@H]2[C@@H]3C1[C@@]23CCNC(=O)C(C)(C)C. The highest BCUT2D eigenvalue weighted by Gasteiger charge is 2.92. The topological polar surface area (TPSA) is 58.6 Å². The lowest BCUT2D eigenvalue weighted by Gasteiger charge is -2.24. The van der Waals surface area contributed by atoms with Crippen LogP contribution in [0.15, 0.2) is 0 Å². The summed E-state index contributed by atoms with van der Waals surface area (Å²) < 4.78 is 5.48. The molecule has 2 aliphatic carbocycles. The van der Waals surface area contributed by atoms with Crippen LogP contribution >= 0.6 is 0 Å². The summed E-state index contributed by atoms with van der Waals surface area (Å²) in [5.74, 6) is 1.39. The molecule has 0 aromatic rings. The Bertz CT molecular complexity index is 511. The first kappa shape index (κ1) is 15.6. The standard InChI is InChI=1S/C17H28N2O3/c1-15(2,3)13(20)18-8-7-17-10-9-19(12(17)11(10)17)14(21)22-16(4,5)6/h10-12H,7-9H2,1-6H3,(H,18,20)/t10-,11-,12?,17+/m1/s1. The van der Waals surface area contributed by atoms with Crippen LogP contribution < -0.4 is 5.32 Å². The van der Waals surface area contributed by atoms with Crippen molar-refractivity contribution in [2.45, 2.75) is 59.6 Å². The summed E-state index contributed by atoms with van der Waals surface area (Å²) in [7, 11) is 0. The summed E-state index contributed by atoms with van der Waals surface area (Å²) in [6.07, 6.45) is 0.803. The Morgan fingerprint density at radius 3 is 2.36 bits per heavy atom. The number of hydrogen-bond donors (Lipinski definition) is 1. The van der Waals surface area contributed by atoms with Gasteiger partial charge >= 0.3 is 6.09 Å². The zero-order valence-corrected chi connectivity index (χ0v) is 14.5. The number of ether oxygens (including phenoxy) is 1. The Morgan fingerprint density at radius 2 is 1.86 bits per heavy atom. The number of amides is 2. The van der Waals surface area contributed by atoms with E-state index in [4.69, 9.17) is 4.74 Å². The zero-order chi connectivity index (χ0) is 16.5. The van der Waals surface area contributed by atoms with E-state index in [-0.39, 0.29) is 17.4 Å². The molecule has 2 saturated heterocycles. The van der Waals surface area contributed by atoms with Gasteiger partial charge in [-0.2, -0.15) is 0 Å². The number of nitrogens with zero attached hydrogens (tertiary/aromatic N) is 1. The summed E-state index contributed by atoms with van der Waals surface area (Å²) in [6, 6.07) is 0.360. The summed E-state index contributed by atoms with van der Waals surface area (Å²) in [5, 5.41) is 3.02. The summed E-state index contributed by atoms with van der Waals surface area (Å²) >= 11 is 0. The van der Waals surface area contributed by atoms with Gasteiger partial charge in [0.2, 0.25) is 5.91 Å². The fraction of sp³-hybridized carbons (Fsp3) is 0.882. The molecule has 4 atom stereocenters. The van der Waals surface area contributed by atoms with Gasteiger partial charge < -0.3 is 15.0 Å². The molecule has 2 bridgehead atoms. The van der Waals surface area contributed by atoms with Gasteiger partial charge in [-0.05, 0) is 39.0 Å². The smallest absolute Gasteiger partial charge is 0.410 e. The molecule has 0 spiro atoms. The van der Waals surface area contributed by atoms with Crippen LogP contribution in [0, 0.1) is 22.7 Å². The van der Waals surface area contributed by atoms with E-state index in [0.717, 1.165) is 13.0 Å². The average Bonchev–Trinajstić information content (AvgIpc) is 3.01. The predicted octanol–water partition coefficient (Wildman–Crippen LogP) is 2.40. The third kappa shape index (κ3) is 2.29. The van der Waals surface area contributed by atoms with Crippen molar-refractivity contribution in [1.82, 2.24) is 10.2 Å². The molecule has 0 radical (unpaired) electrons. The highest BCUT2D eigenvalue weighted by atomic mass is 16.6. The second-order valence-electron chi connectivity index (χ2n) is 9.08. The quantitative estimate of drug-likeness (QED) is 0.871. The molecule has 22 heavy (non-hydrogen) atoms. The van der Waals surface area contributed by atoms with Gasteiger partial charge in [0.15, 0.2) is 0 Å². The Hall–Kier alpha value is -1.26. The average molecular weight is 308 g/mol. The van der Waals surface area contributed by atoms with E-state index in [1.807, 2.05) is 46.4 Å². The van der Waals surface area contributed by atoms with Gasteiger partial charge in [-0.1, -0.05) is 20.8 Å². The Kier molecular flexibility index (Phi) is 3.12. The monoisotopic (exact) mass is 308 g/mol. The highest BCUT2D eigenvalue weighted by molar-refractivity contribution is 5.81. The Morgan fingerprint density at radius 1 is 1.23 bits per heavy atom. The van der Waals surface area contributed by atoms with Gasteiger partial charge in [0.25, 0.3) is 0 Å². The molecule has 1 unspecified atom stereocenters. The molecule has 4 rings (SSSR count). The van der Waals surface area contributed by atoms with Crippen LogP contribution in [-0.4, -0.2) is 41.6 Å². The van der Waals surface area contributed by atoms with E-state index >= 15 is 0 Å². The first-order chi connectivity index (χ1) is 9.98. The molecule has 5 nitrogen and oxygen atoms in total. The van der Waals surface area contributed by atoms with Gasteiger partial charge in [-0.3, -0.25) is 4.79 Å². The first-order valence-electron chi connectivity index (χ1n) is 8.26.